The van der Waals surface area contributed by atoms with E-state index in [1.54, 1.807) is 39.2 Å². The summed E-state index contributed by atoms with van der Waals surface area (Å²) >= 11 is 1.72. The van der Waals surface area contributed by atoms with Gasteiger partial charge in [0, 0.05) is 42.7 Å². The Morgan fingerprint density at radius 3 is 2.62 bits per heavy atom. The van der Waals surface area contributed by atoms with Crippen LogP contribution in [0.25, 0.3) is 11.0 Å². The molecule has 1 atom stereocenters. The minimum Gasteiger partial charge on any atom is -0.497 e. The third kappa shape index (κ3) is 10.8. The van der Waals surface area contributed by atoms with Crippen LogP contribution in [0.3, 0.4) is 0 Å². The molecule has 45 heavy (non-hydrogen) atoms. The maximum atomic E-state index is 12.7. The van der Waals surface area contributed by atoms with Crippen molar-refractivity contribution < 1.29 is 23.0 Å². The van der Waals surface area contributed by atoms with Gasteiger partial charge in [-0.1, -0.05) is 0 Å². The fourth-order valence-corrected chi connectivity index (χ4v) is 6.09. The Morgan fingerprint density at radius 2 is 1.96 bits per heavy atom. The maximum absolute atomic E-state index is 12.7. The van der Waals surface area contributed by atoms with Gasteiger partial charge in [-0.2, -0.15) is 11.8 Å². The zero-order valence-electron chi connectivity index (χ0n) is 26.6. The van der Waals surface area contributed by atoms with Gasteiger partial charge in [0.2, 0.25) is 0 Å². The molecule has 0 amide bonds. The summed E-state index contributed by atoms with van der Waals surface area (Å²) in [4.78, 5) is 23.8. The summed E-state index contributed by atoms with van der Waals surface area (Å²) in [5.41, 5.74) is 4.16. The quantitative estimate of drug-likeness (QED) is 0.0941. The number of imidazole rings is 1. The predicted octanol–water partition coefficient (Wildman–Crippen LogP) is 4.36. The highest BCUT2D eigenvalue weighted by Crippen LogP contribution is 2.26. The van der Waals surface area contributed by atoms with Crippen molar-refractivity contribution in [3.8, 4) is 11.5 Å². The van der Waals surface area contributed by atoms with Crippen molar-refractivity contribution in [1.29, 1.82) is 0 Å². The second-order valence-electron chi connectivity index (χ2n) is 10.1. The summed E-state index contributed by atoms with van der Waals surface area (Å²) < 4.78 is 29.0. The van der Waals surface area contributed by atoms with Crippen molar-refractivity contribution in [2.45, 2.75) is 37.1 Å². The molecular weight excluding hydrogens is 619 g/mol. The second-order valence-corrected chi connectivity index (χ2v) is 12.6. The molecule has 15 heteroatoms. The maximum Gasteiger partial charge on any atom is 0.274 e. The number of rotatable bonds is 15. The molecule has 4 rings (SSSR count). The summed E-state index contributed by atoms with van der Waals surface area (Å²) in [5.74, 6) is 5.73. The van der Waals surface area contributed by atoms with Gasteiger partial charge in [0.05, 0.1) is 64.7 Å². The van der Waals surface area contributed by atoms with Crippen LogP contribution in [-0.4, -0.2) is 76.6 Å². The van der Waals surface area contributed by atoms with Gasteiger partial charge in [0.25, 0.3) is 6.20 Å². The number of furan rings is 1. The highest BCUT2D eigenvalue weighted by atomic mass is 32.2. The molecule has 0 spiro atoms. The van der Waals surface area contributed by atoms with Crippen LogP contribution in [0.2, 0.25) is 0 Å². The minimum atomic E-state index is -1.33. The molecule has 0 bridgehead atoms. The van der Waals surface area contributed by atoms with Gasteiger partial charge >= 0.3 is 0 Å². The van der Waals surface area contributed by atoms with Crippen molar-refractivity contribution >= 4 is 33.6 Å². The average Bonchev–Trinajstić information content (AvgIpc) is 3.64. The number of nitrogens with zero attached hydrogens (tertiary/aromatic N) is 4. The third-order valence-electron chi connectivity index (χ3n) is 6.40. The molecule has 3 aromatic heterocycles. The fourth-order valence-electron chi connectivity index (χ4n) is 4.24. The molecule has 1 aromatic carbocycles. The van der Waals surface area contributed by atoms with Gasteiger partial charge in [-0.05, 0) is 52.2 Å². The first-order valence-electron chi connectivity index (χ1n) is 14.0. The molecule has 4 aromatic rings. The van der Waals surface area contributed by atoms with E-state index in [-0.39, 0.29) is 5.75 Å². The van der Waals surface area contributed by atoms with Crippen LogP contribution in [0, 0.1) is 24.0 Å². The molecule has 0 aliphatic rings. The van der Waals surface area contributed by atoms with Crippen molar-refractivity contribution in [3.05, 3.63) is 87.0 Å². The van der Waals surface area contributed by atoms with Crippen LogP contribution >= 0.6 is 11.8 Å². The number of methoxy groups -OCH3 is 2. The van der Waals surface area contributed by atoms with E-state index >= 15 is 0 Å². The van der Waals surface area contributed by atoms with E-state index in [4.69, 9.17) is 13.9 Å². The number of aromatic amines is 1. The Bertz CT molecular complexity index is 1620. The van der Waals surface area contributed by atoms with Crippen LogP contribution in [0.15, 0.2) is 58.1 Å². The molecular formula is C30H41N7O6S2. The highest BCUT2D eigenvalue weighted by Gasteiger charge is 2.16. The number of H-pyrrole nitrogens is 1. The Morgan fingerprint density at radius 1 is 1.20 bits per heavy atom. The second kappa shape index (κ2) is 17.4. The summed E-state index contributed by atoms with van der Waals surface area (Å²) in [6.45, 7) is 5.31. The number of benzene rings is 1. The lowest BCUT2D eigenvalue weighted by atomic mass is 10.1. The number of aryl methyl sites for hydroxylation is 1. The van der Waals surface area contributed by atoms with Crippen molar-refractivity contribution in [3.63, 3.8) is 0 Å². The molecule has 3 N–H and O–H groups in total. The largest absolute Gasteiger partial charge is 0.497 e. The Labute approximate surface area is 269 Å². The number of pyridine rings is 1. The molecule has 0 radical (unpaired) electrons. The van der Waals surface area contributed by atoms with Crippen LogP contribution in [0.4, 0.5) is 0 Å². The smallest absolute Gasteiger partial charge is 0.274 e. The van der Waals surface area contributed by atoms with Crippen LogP contribution in [0.1, 0.15) is 28.3 Å². The zero-order valence-corrected chi connectivity index (χ0v) is 28.3. The topological polar surface area (TPSA) is 161 Å². The molecule has 0 aliphatic heterocycles. The van der Waals surface area contributed by atoms with Gasteiger partial charge < -0.3 is 34.4 Å². The van der Waals surface area contributed by atoms with Gasteiger partial charge in [-0.3, -0.25) is 19.3 Å². The Kier molecular flexibility index (Phi) is 13.7. The predicted molar refractivity (Wildman–Crippen MR) is 177 cm³/mol. The molecule has 0 unspecified atom stereocenters. The molecule has 0 aliphatic carbocycles. The van der Waals surface area contributed by atoms with E-state index in [2.05, 4.69) is 30.5 Å². The lowest BCUT2D eigenvalue weighted by Crippen LogP contribution is -2.26. The normalized spacial score (nSPS) is 12.0. The summed E-state index contributed by atoms with van der Waals surface area (Å²) in [6, 6.07) is 9.48. The molecule has 0 fully saturated rings. The minimum absolute atomic E-state index is 0.277. The lowest BCUT2D eigenvalue weighted by Gasteiger charge is -2.11. The number of aromatic nitrogens is 3. The van der Waals surface area contributed by atoms with E-state index < -0.39 is 15.7 Å². The van der Waals surface area contributed by atoms with Crippen molar-refractivity contribution in [2.24, 2.45) is 0 Å². The highest BCUT2D eigenvalue weighted by molar-refractivity contribution is 7.98. The summed E-state index contributed by atoms with van der Waals surface area (Å²) in [5, 5.41) is 16.5. The van der Waals surface area contributed by atoms with E-state index in [0.717, 1.165) is 75.1 Å². The van der Waals surface area contributed by atoms with Crippen molar-refractivity contribution in [2.75, 3.05) is 47.7 Å². The number of fused-ring (bicyclic) bond motifs is 1. The molecule has 3 heterocycles. The third-order valence-corrected chi connectivity index (χ3v) is 8.54. The first kappa shape index (κ1) is 35.4. The zero-order chi connectivity index (χ0) is 32.9. The number of ether oxygens (including phenoxy) is 2. The number of nitrogens with one attached hydrogen (secondary N) is 3. The Balaban J connectivity index is 0.000000248. The number of thioether (sulfide) groups is 1. The Hall–Kier alpha value is -4.08. The SMILES string of the molecule is CN/C(=C\[N+](=O)[O-])NCCSCc1ccc(CN(C)C)o1.COc1ccc2nc([S@@](=O)Cc3ncc(C)c(OC)c3C)[nH]c2c1. The number of hydrogen-bond donors (Lipinski definition) is 3. The molecule has 0 saturated heterocycles. The van der Waals surface area contributed by atoms with E-state index in [0.29, 0.717) is 17.5 Å². The first-order valence-corrected chi connectivity index (χ1v) is 16.5. The lowest BCUT2D eigenvalue weighted by molar-refractivity contribution is -0.404. The summed E-state index contributed by atoms with van der Waals surface area (Å²) in [6.07, 6.45) is 2.66. The van der Waals surface area contributed by atoms with E-state index in [1.807, 2.05) is 58.3 Å². The number of hydrogen-bond acceptors (Lipinski definition) is 12. The van der Waals surface area contributed by atoms with Gasteiger partial charge in [-0.15, -0.1) is 0 Å². The van der Waals surface area contributed by atoms with Crippen molar-refractivity contribution in [1.82, 2.24) is 30.5 Å². The monoisotopic (exact) mass is 659 g/mol. The first-order chi connectivity index (χ1) is 21.5. The summed E-state index contributed by atoms with van der Waals surface area (Å²) in [7, 11) is 7.55. The molecule has 244 valence electrons. The fraction of sp³-hybridized carbons (Fsp3) is 0.400. The van der Waals surface area contributed by atoms with Crippen LogP contribution < -0.4 is 20.1 Å². The standard InChI is InChI=1S/C17H19N3O3S.C13H22N4O3S/c1-10-8-18-15(11(2)16(10)23-4)9-24(21)17-19-13-6-5-12(22-3)7-14(13)20-17;1-14-13(9-17(18)19)15-6-7-21-10-12-5-4-11(20-12)8-16(2)3/h5-8H,9H2,1-4H3,(H,19,20);4-5,9,14-15H,6-8,10H2,1-3H3/b;13-9+/t24-;/m0./s1. The van der Waals surface area contributed by atoms with E-state index in [1.165, 1.54) is 0 Å². The van der Waals surface area contributed by atoms with E-state index in [9.17, 15) is 14.3 Å². The molecule has 0 saturated carbocycles. The van der Waals surface area contributed by atoms with Gasteiger partial charge in [-0.25, -0.2) is 4.98 Å². The molecule has 13 nitrogen and oxygen atoms in total. The number of nitro groups is 1. The van der Waals surface area contributed by atoms with Gasteiger partial charge in [0.15, 0.2) is 11.0 Å². The van der Waals surface area contributed by atoms with Crippen LogP contribution in [0.5, 0.6) is 11.5 Å². The van der Waals surface area contributed by atoms with Crippen LogP contribution in [-0.2, 0) is 28.9 Å². The average molecular weight is 660 g/mol. The van der Waals surface area contributed by atoms with Gasteiger partial charge in [0.1, 0.15) is 23.0 Å².